The normalized spacial score (nSPS) is 12.8. The molecule has 3 heterocycles. The maximum atomic E-state index is 4.50. The molecule has 0 aliphatic carbocycles. The molecule has 0 unspecified atom stereocenters. The van der Waals surface area contributed by atoms with Crippen LogP contribution in [0.5, 0.6) is 0 Å². The van der Waals surface area contributed by atoms with Gasteiger partial charge in [0.05, 0.1) is 0 Å². The van der Waals surface area contributed by atoms with Gasteiger partial charge >= 0.3 is 0 Å². The van der Waals surface area contributed by atoms with Crippen molar-refractivity contribution < 1.29 is 0 Å². The highest BCUT2D eigenvalue weighted by Crippen LogP contribution is 2.27. The highest BCUT2D eigenvalue weighted by Gasteiger charge is 2.11. The molecule has 2 aromatic rings. The Morgan fingerprint density at radius 2 is 2.05 bits per heavy atom. The molecule has 2 aromatic heterocycles. The van der Waals surface area contributed by atoms with Crippen molar-refractivity contribution in [1.29, 1.82) is 0 Å². The average molecular weight is 255 g/mol. The number of hydrogen-bond acceptors (Lipinski definition) is 3. The van der Waals surface area contributed by atoms with Crippen molar-refractivity contribution >= 4 is 5.82 Å². The first-order chi connectivity index (χ1) is 9.34. The third-order valence-electron chi connectivity index (χ3n) is 3.20. The molecule has 0 aromatic carbocycles. The van der Waals surface area contributed by atoms with Gasteiger partial charge in [0.1, 0.15) is 5.82 Å². The number of anilines is 1. The largest absolute Gasteiger partial charge is 0.370 e. The summed E-state index contributed by atoms with van der Waals surface area (Å²) in [6.45, 7) is 7.07. The van der Waals surface area contributed by atoms with E-state index in [-0.39, 0.29) is 0 Å². The molecule has 3 nitrogen and oxygen atoms in total. The van der Waals surface area contributed by atoms with Crippen molar-refractivity contribution in [3.8, 4) is 11.1 Å². The lowest BCUT2D eigenvalue weighted by molar-refractivity contribution is 0.818. The van der Waals surface area contributed by atoms with E-state index in [0.29, 0.717) is 0 Å². The Morgan fingerprint density at radius 1 is 1.21 bits per heavy atom. The van der Waals surface area contributed by atoms with E-state index >= 15 is 0 Å². The molecule has 19 heavy (non-hydrogen) atoms. The Hall–Kier alpha value is -1.90. The smallest absolute Gasteiger partial charge is 0.129 e. The Labute approximate surface area is 115 Å². The first-order valence-corrected chi connectivity index (χ1v) is 6.99. The molecule has 0 bridgehead atoms. The molecule has 1 aliphatic heterocycles. The summed E-state index contributed by atoms with van der Waals surface area (Å²) in [4.78, 5) is 8.82. The van der Waals surface area contributed by atoms with Gasteiger partial charge in [-0.15, -0.1) is 0 Å². The van der Waals surface area contributed by atoms with Crippen LogP contribution in [-0.4, -0.2) is 16.5 Å². The average Bonchev–Trinajstić information content (AvgIpc) is 2.49. The first-order valence-electron chi connectivity index (χ1n) is 6.99. The van der Waals surface area contributed by atoms with Gasteiger partial charge in [0.25, 0.3) is 0 Å². The van der Waals surface area contributed by atoms with Crippen LogP contribution in [0.2, 0.25) is 0 Å². The number of pyridine rings is 2. The maximum absolute atomic E-state index is 4.50. The molecule has 3 heteroatoms. The minimum Gasteiger partial charge on any atom is -0.370 e. The minimum atomic E-state index is 1.03. The van der Waals surface area contributed by atoms with Gasteiger partial charge in [-0.05, 0) is 37.5 Å². The third kappa shape index (κ3) is 2.92. The van der Waals surface area contributed by atoms with E-state index in [9.17, 15) is 0 Å². The van der Waals surface area contributed by atoms with Gasteiger partial charge < -0.3 is 5.32 Å². The molecule has 0 fully saturated rings. The maximum Gasteiger partial charge on any atom is 0.129 e. The van der Waals surface area contributed by atoms with Crippen LogP contribution in [0.3, 0.4) is 0 Å². The molecular weight excluding hydrogens is 234 g/mol. The number of aryl methyl sites for hydroxylation is 2. The lowest BCUT2D eigenvalue weighted by atomic mass is 10.0. The second kappa shape index (κ2) is 6.32. The van der Waals surface area contributed by atoms with Crippen LogP contribution in [0.1, 0.15) is 31.5 Å². The van der Waals surface area contributed by atoms with E-state index in [0.717, 1.165) is 30.0 Å². The summed E-state index contributed by atoms with van der Waals surface area (Å²) in [6.07, 6.45) is 6.06. The van der Waals surface area contributed by atoms with Gasteiger partial charge in [0.2, 0.25) is 0 Å². The third-order valence-corrected chi connectivity index (χ3v) is 3.20. The Kier molecular flexibility index (Phi) is 4.50. The Morgan fingerprint density at radius 3 is 2.84 bits per heavy atom. The van der Waals surface area contributed by atoms with Crippen LogP contribution in [0.25, 0.3) is 11.1 Å². The Balaban J connectivity index is 0.000000637. The van der Waals surface area contributed by atoms with Crippen LogP contribution in [0.4, 0.5) is 5.82 Å². The van der Waals surface area contributed by atoms with E-state index in [2.05, 4.69) is 27.4 Å². The zero-order valence-electron chi connectivity index (χ0n) is 11.9. The highest BCUT2D eigenvalue weighted by molar-refractivity contribution is 5.67. The van der Waals surface area contributed by atoms with Crippen molar-refractivity contribution in [2.45, 2.75) is 33.6 Å². The van der Waals surface area contributed by atoms with Crippen molar-refractivity contribution in [2.24, 2.45) is 0 Å². The van der Waals surface area contributed by atoms with E-state index in [1.165, 1.54) is 17.5 Å². The van der Waals surface area contributed by atoms with Gasteiger partial charge in [-0.1, -0.05) is 19.9 Å². The number of nitrogens with zero attached hydrogens (tertiary/aromatic N) is 2. The van der Waals surface area contributed by atoms with E-state index in [1.54, 1.807) is 0 Å². The quantitative estimate of drug-likeness (QED) is 0.841. The van der Waals surface area contributed by atoms with Crippen LogP contribution in [0, 0.1) is 6.92 Å². The molecule has 3 rings (SSSR count). The fourth-order valence-corrected chi connectivity index (χ4v) is 2.28. The van der Waals surface area contributed by atoms with Crippen molar-refractivity contribution in [2.75, 3.05) is 11.9 Å². The SMILES string of the molecule is CC.Cc1ncccc1-c1cnc2c(c1)CCCN2. The second-order valence-electron chi connectivity index (χ2n) is 4.40. The van der Waals surface area contributed by atoms with Gasteiger partial charge in [0, 0.05) is 35.8 Å². The van der Waals surface area contributed by atoms with Gasteiger partial charge in [-0.3, -0.25) is 4.98 Å². The van der Waals surface area contributed by atoms with Crippen molar-refractivity contribution in [1.82, 2.24) is 9.97 Å². The molecular formula is C16H21N3. The molecule has 0 saturated carbocycles. The molecule has 1 aliphatic rings. The number of hydrogen-bond donors (Lipinski definition) is 1. The number of rotatable bonds is 1. The molecule has 0 atom stereocenters. The summed E-state index contributed by atoms with van der Waals surface area (Å²) < 4.78 is 0. The van der Waals surface area contributed by atoms with Gasteiger partial charge in [0.15, 0.2) is 0 Å². The first kappa shape index (κ1) is 13.5. The predicted octanol–water partition coefficient (Wildman–Crippen LogP) is 3.84. The molecule has 100 valence electrons. The predicted molar refractivity (Wildman–Crippen MR) is 80.4 cm³/mol. The number of aromatic nitrogens is 2. The molecule has 0 amide bonds. The number of nitrogens with one attached hydrogen (secondary N) is 1. The van der Waals surface area contributed by atoms with Gasteiger partial charge in [-0.25, -0.2) is 4.98 Å². The van der Waals surface area contributed by atoms with Crippen LogP contribution < -0.4 is 5.32 Å². The number of fused-ring (bicyclic) bond motifs is 1. The lowest BCUT2D eigenvalue weighted by Crippen LogP contribution is -2.13. The summed E-state index contributed by atoms with van der Waals surface area (Å²) >= 11 is 0. The highest BCUT2D eigenvalue weighted by atomic mass is 15.0. The van der Waals surface area contributed by atoms with E-state index < -0.39 is 0 Å². The standard InChI is InChI=1S/C14H15N3.C2H6/c1-10-13(5-3-6-15-10)12-8-11-4-2-7-16-14(11)17-9-12;1-2/h3,5-6,8-9H,2,4,7H2,1H3,(H,16,17);1-2H3. The summed E-state index contributed by atoms with van der Waals surface area (Å²) in [5.74, 6) is 1.04. The summed E-state index contributed by atoms with van der Waals surface area (Å²) in [5, 5.41) is 3.33. The van der Waals surface area contributed by atoms with Crippen molar-refractivity contribution in [3.05, 3.63) is 41.9 Å². The topological polar surface area (TPSA) is 37.8 Å². The molecule has 1 N–H and O–H groups in total. The summed E-state index contributed by atoms with van der Waals surface area (Å²) in [7, 11) is 0. The molecule has 0 saturated heterocycles. The fraction of sp³-hybridized carbons (Fsp3) is 0.375. The van der Waals surface area contributed by atoms with Crippen LogP contribution in [0.15, 0.2) is 30.6 Å². The van der Waals surface area contributed by atoms with E-state index in [1.807, 2.05) is 39.2 Å². The zero-order valence-corrected chi connectivity index (χ0v) is 11.9. The fourth-order valence-electron chi connectivity index (χ4n) is 2.28. The van der Waals surface area contributed by atoms with Crippen LogP contribution >= 0.6 is 0 Å². The van der Waals surface area contributed by atoms with Gasteiger partial charge in [-0.2, -0.15) is 0 Å². The monoisotopic (exact) mass is 255 g/mol. The van der Waals surface area contributed by atoms with E-state index in [4.69, 9.17) is 0 Å². The van der Waals surface area contributed by atoms with Crippen molar-refractivity contribution in [3.63, 3.8) is 0 Å². The second-order valence-corrected chi connectivity index (χ2v) is 4.40. The zero-order chi connectivity index (χ0) is 13.7. The summed E-state index contributed by atoms with van der Waals surface area (Å²) in [6, 6.07) is 6.31. The van der Waals surface area contributed by atoms with Crippen LogP contribution in [-0.2, 0) is 6.42 Å². The molecule has 0 radical (unpaired) electrons. The summed E-state index contributed by atoms with van der Waals surface area (Å²) in [5.41, 5.74) is 4.71. The molecule has 0 spiro atoms. The minimum absolute atomic E-state index is 1.03. The Bertz CT molecular complexity index is 549. The lowest BCUT2D eigenvalue weighted by Gasteiger charge is -2.17.